The lowest BCUT2D eigenvalue weighted by Crippen LogP contribution is -2.14. The molecule has 2 aromatic heterocycles. The van der Waals surface area contributed by atoms with E-state index in [1.54, 1.807) is 24.4 Å². The van der Waals surface area contributed by atoms with Crippen LogP contribution < -0.4 is 15.6 Å². The topological polar surface area (TPSA) is 89.0 Å². The van der Waals surface area contributed by atoms with Crippen LogP contribution in [0.25, 0.3) is 5.69 Å². The number of ether oxygens (including phenoxy) is 1. The van der Waals surface area contributed by atoms with Crippen LogP contribution >= 0.6 is 0 Å². The zero-order valence-electron chi connectivity index (χ0n) is 13.2. The molecule has 7 nitrogen and oxygen atoms in total. The first kappa shape index (κ1) is 15.5. The van der Waals surface area contributed by atoms with E-state index in [9.17, 15) is 9.59 Å². The quantitative estimate of drug-likeness (QED) is 0.769. The summed E-state index contributed by atoms with van der Waals surface area (Å²) in [4.78, 5) is 28.4. The van der Waals surface area contributed by atoms with Gasteiger partial charge in [-0.1, -0.05) is 17.7 Å². The number of rotatable bonds is 4. The van der Waals surface area contributed by atoms with Crippen molar-refractivity contribution in [2.45, 2.75) is 6.92 Å². The van der Waals surface area contributed by atoms with Crippen LogP contribution in [0, 0.1) is 6.92 Å². The number of hydrogen-bond donors (Lipinski definition) is 2. The van der Waals surface area contributed by atoms with Gasteiger partial charge in [-0.2, -0.15) is 0 Å². The third-order valence-electron chi connectivity index (χ3n) is 3.51. The Bertz CT molecular complexity index is 926. The number of H-pyrrole nitrogens is 1. The number of nitrogens with one attached hydrogen (secondary N) is 2. The van der Waals surface area contributed by atoms with Crippen LogP contribution in [-0.2, 0) is 0 Å². The van der Waals surface area contributed by atoms with Gasteiger partial charge in [-0.25, -0.2) is 4.68 Å². The Kier molecular flexibility index (Phi) is 4.15. The number of aryl methyl sites for hydroxylation is 1. The van der Waals surface area contributed by atoms with Crippen molar-refractivity contribution in [2.24, 2.45) is 0 Å². The maximum absolute atomic E-state index is 12.4. The molecule has 0 saturated heterocycles. The summed E-state index contributed by atoms with van der Waals surface area (Å²) in [5.41, 5.74) is 1.99. The zero-order chi connectivity index (χ0) is 17.1. The van der Waals surface area contributed by atoms with Gasteiger partial charge in [-0.3, -0.25) is 19.7 Å². The normalized spacial score (nSPS) is 10.4. The number of carbonyl (C=O) groups is 1. The number of anilines is 1. The highest BCUT2D eigenvalue weighted by Crippen LogP contribution is 2.22. The summed E-state index contributed by atoms with van der Waals surface area (Å²) in [6, 6.07) is 10.3. The molecule has 3 rings (SSSR count). The highest BCUT2D eigenvalue weighted by atomic mass is 16.5. The zero-order valence-corrected chi connectivity index (χ0v) is 13.2. The molecule has 0 unspecified atom stereocenters. The Balaban J connectivity index is 1.88. The average Bonchev–Trinajstić information content (AvgIpc) is 2.98. The van der Waals surface area contributed by atoms with Crippen molar-refractivity contribution in [3.05, 3.63) is 70.4 Å². The summed E-state index contributed by atoms with van der Waals surface area (Å²) < 4.78 is 6.47. The Labute approximate surface area is 137 Å². The molecule has 0 bridgehead atoms. The number of methoxy groups -OCH3 is 1. The van der Waals surface area contributed by atoms with Gasteiger partial charge in [0, 0.05) is 18.3 Å². The molecule has 0 aliphatic carbocycles. The fraction of sp³-hybridized carbons (Fsp3) is 0.118. The van der Waals surface area contributed by atoms with Crippen LogP contribution in [0.4, 0.5) is 5.69 Å². The summed E-state index contributed by atoms with van der Waals surface area (Å²) in [6.45, 7) is 1.96. The van der Waals surface area contributed by atoms with E-state index < -0.39 is 5.91 Å². The molecule has 0 atom stereocenters. The first-order valence-corrected chi connectivity index (χ1v) is 7.27. The highest BCUT2D eigenvalue weighted by molar-refractivity contribution is 6.03. The first-order valence-electron chi connectivity index (χ1n) is 7.27. The predicted octanol–water partition coefficient (Wildman–Crippen LogP) is 2.13. The van der Waals surface area contributed by atoms with Crippen molar-refractivity contribution >= 4 is 11.6 Å². The number of aromatic nitrogens is 3. The molecular weight excluding hydrogens is 308 g/mol. The largest absolute Gasteiger partial charge is 0.494 e. The van der Waals surface area contributed by atoms with Crippen molar-refractivity contribution in [3.63, 3.8) is 0 Å². The first-order chi connectivity index (χ1) is 11.6. The molecular formula is C17H16N4O3. The number of aromatic amines is 1. The van der Waals surface area contributed by atoms with E-state index in [0.29, 0.717) is 17.1 Å². The minimum atomic E-state index is -0.454. The fourth-order valence-electron chi connectivity index (χ4n) is 2.24. The average molecular weight is 324 g/mol. The van der Waals surface area contributed by atoms with E-state index in [0.717, 1.165) is 5.56 Å². The number of benzene rings is 1. The number of hydrogen-bond acceptors (Lipinski definition) is 4. The molecule has 1 amide bonds. The highest BCUT2D eigenvalue weighted by Gasteiger charge is 2.14. The van der Waals surface area contributed by atoms with E-state index in [4.69, 9.17) is 4.74 Å². The summed E-state index contributed by atoms with van der Waals surface area (Å²) in [5.74, 6) is 0.0305. The summed E-state index contributed by atoms with van der Waals surface area (Å²) >= 11 is 0. The van der Waals surface area contributed by atoms with Gasteiger partial charge < -0.3 is 10.1 Å². The molecule has 122 valence electrons. The fourth-order valence-corrected chi connectivity index (χ4v) is 2.24. The van der Waals surface area contributed by atoms with E-state index in [-0.39, 0.29) is 11.3 Å². The van der Waals surface area contributed by atoms with E-state index in [1.165, 1.54) is 24.1 Å². The standard InChI is InChI=1S/C17H16N4O3/c1-11-3-5-12(6-4-11)21-16(22)9-13(20-21)17(23)19-14-10-18-8-7-15(14)24-2/h3-10,20H,1-2H3,(H,19,23). The summed E-state index contributed by atoms with van der Waals surface area (Å²) in [5, 5.41) is 5.47. The predicted molar refractivity (Wildman–Crippen MR) is 89.9 cm³/mol. The van der Waals surface area contributed by atoms with Gasteiger partial charge in [-0.05, 0) is 19.1 Å². The van der Waals surface area contributed by atoms with Gasteiger partial charge in [-0.15, -0.1) is 0 Å². The molecule has 1 aromatic carbocycles. The van der Waals surface area contributed by atoms with Crippen molar-refractivity contribution < 1.29 is 9.53 Å². The van der Waals surface area contributed by atoms with Crippen LogP contribution in [0.3, 0.4) is 0 Å². The molecule has 7 heteroatoms. The molecule has 0 saturated carbocycles. The Hall–Kier alpha value is -3.35. The van der Waals surface area contributed by atoms with Crippen molar-refractivity contribution in [2.75, 3.05) is 12.4 Å². The molecule has 0 spiro atoms. The molecule has 3 aromatic rings. The van der Waals surface area contributed by atoms with Crippen LogP contribution in [0.2, 0.25) is 0 Å². The Morgan fingerprint density at radius 2 is 2.00 bits per heavy atom. The molecule has 2 N–H and O–H groups in total. The van der Waals surface area contributed by atoms with Gasteiger partial charge >= 0.3 is 0 Å². The van der Waals surface area contributed by atoms with Crippen molar-refractivity contribution in [1.29, 1.82) is 0 Å². The summed E-state index contributed by atoms with van der Waals surface area (Å²) in [7, 11) is 1.50. The Morgan fingerprint density at radius 1 is 1.25 bits per heavy atom. The maximum Gasteiger partial charge on any atom is 0.273 e. The van der Waals surface area contributed by atoms with Gasteiger partial charge in [0.15, 0.2) is 0 Å². The van der Waals surface area contributed by atoms with Crippen LogP contribution in [0.5, 0.6) is 5.75 Å². The Morgan fingerprint density at radius 3 is 2.71 bits per heavy atom. The second-order valence-electron chi connectivity index (χ2n) is 5.21. The molecule has 24 heavy (non-hydrogen) atoms. The lowest BCUT2D eigenvalue weighted by atomic mass is 10.2. The lowest BCUT2D eigenvalue weighted by molar-refractivity contribution is 0.102. The third kappa shape index (κ3) is 3.05. The number of pyridine rings is 1. The van der Waals surface area contributed by atoms with Crippen molar-refractivity contribution in [1.82, 2.24) is 14.8 Å². The second-order valence-corrected chi connectivity index (χ2v) is 5.21. The molecule has 0 aliphatic heterocycles. The van der Waals surface area contributed by atoms with Crippen LogP contribution in [0.15, 0.2) is 53.6 Å². The molecule has 0 aliphatic rings. The maximum atomic E-state index is 12.4. The molecule has 2 heterocycles. The monoisotopic (exact) mass is 324 g/mol. The summed E-state index contributed by atoms with van der Waals surface area (Å²) in [6.07, 6.45) is 3.04. The van der Waals surface area contributed by atoms with Gasteiger partial charge in [0.2, 0.25) is 0 Å². The van der Waals surface area contributed by atoms with E-state index >= 15 is 0 Å². The minimum Gasteiger partial charge on any atom is -0.494 e. The SMILES string of the molecule is COc1ccncc1NC(=O)c1cc(=O)n(-c2ccc(C)cc2)[nH]1. The van der Waals surface area contributed by atoms with Crippen LogP contribution in [0.1, 0.15) is 16.1 Å². The number of carbonyl (C=O) groups excluding carboxylic acids is 1. The third-order valence-corrected chi connectivity index (χ3v) is 3.51. The lowest BCUT2D eigenvalue weighted by Gasteiger charge is -2.08. The van der Waals surface area contributed by atoms with E-state index in [1.807, 2.05) is 19.1 Å². The van der Waals surface area contributed by atoms with Gasteiger partial charge in [0.1, 0.15) is 17.1 Å². The van der Waals surface area contributed by atoms with Gasteiger partial charge in [0.05, 0.1) is 19.0 Å². The van der Waals surface area contributed by atoms with E-state index in [2.05, 4.69) is 15.4 Å². The number of amides is 1. The van der Waals surface area contributed by atoms with Gasteiger partial charge in [0.25, 0.3) is 11.5 Å². The molecule has 0 fully saturated rings. The smallest absolute Gasteiger partial charge is 0.273 e. The second kappa shape index (κ2) is 6.41. The van der Waals surface area contributed by atoms with Crippen LogP contribution in [-0.4, -0.2) is 27.8 Å². The van der Waals surface area contributed by atoms with Crippen molar-refractivity contribution in [3.8, 4) is 11.4 Å². The number of nitrogens with zero attached hydrogens (tertiary/aromatic N) is 2. The molecule has 0 radical (unpaired) electrons. The minimum absolute atomic E-state index is 0.145.